The fourth-order valence-electron chi connectivity index (χ4n) is 3.79. The monoisotopic (exact) mass is 575 g/mol. The number of hydrogen-bond acceptors (Lipinski definition) is 5. The molecule has 3 aromatic carbocycles. The molecule has 3 aromatic rings. The second kappa shape index (κ2) is 13.2. The lowest BCUT2D eigenvalue weighted by Crippen LogP contribution is -2.54. The summed E-state index contributed by atoms with van der Waals surface area (Å²) in [5.41, 5.74) is 7.58. The molecule has 0 radical (unpaired) electrons. The van der Waals surface area contributed by atoms with E-state index in [0.29, 0.717) is 21.3 Å². The van der Waals surface area contributed by atoms with E-state index in [1.165, 1.54) is 24.3 Å². The van der Waals surface area contributed by atoms with Crippen molar-refractivity contribution in [2.45, 2.75) is 36.9 Å². The minimum Gasteiger partial charge on any atom is -0.377 e. The molecule has 0 aliphatic rings. The number of halogens is 2. The Kier molecular flexibility index (Phi) is 10.3. The average Bonchev–Trinajstić information content (AvgIpc) is 2.87. The minimum atomic E-state index is -4.15. The first-order chi connectivity index (χ1) is 18.0. The van der Waals surface area contributed by atoms with Crippen LogP contribution >= 0.6 is 23.2 Å². The van der Waals surface area contributed by atoms with Gasteiger partial charge in [-0.3, -0.25) is 0 Å². The van der Waals surface area contributed by atoms with Crippen LogP contribution in [0.5, 0.6) is 0 Å². The molecule has 202 valence electrons. The van der Waals surface area contributed by atoms with Gasteiger partial charge in [-0.05, 0) is 53.4 Å². The predicted molar refractivity (Wildman–Crippen MR) is 153 cm³/mol. The summed E-state index contributed by atoms with van der Waals surface area (Å²) in [6, 6.07) is 21.3. The zero-order valence-corrected chi connectivity index (χ0v) is 23.3. The van der Waals surface area contributed by atoms with Crippen LogP contribution in [0.3, 0.4) is 0 Å². The third kappa shape index (κ3) is 8.02. The normalized spacial score (nSPS) is 14.6. The summed E-state index contributed by atoms with van der Waals surface area (Å²) in [5.74, 6) is -0.728. The molecule has 3 rings (SSSR count). The number of guanidine groups is 1. The number of benzene rings is 3. The van der Waals surface area contributed by atoms with Crippen LogP contribution in [0.15, 0.2) is 88.2 Å². The Bertz CT molecular complexity index is 1340. The van der Waals surface area contributed by atoms with Gasteiger partial charge in [0.25, 0.3) is 10.0 Å². The first kappa shape index (κ1) is 29.6. The fraction of sp³-hybridized carbons (Fsp3) is 0.259. The molecule has 0 aromatic heterocycles. The average molecular weight is 577 g/mol. The van der Waals surface area contributed by atoms with Gasteiger partial charge in [-0.25, -0.2) is 0 Å². The number of nitrogens with two attached hydrogens (primary N) is 1. The van der Waals surface area contributed by atoms with Gasteiger partial charge in [0.05, 0.1) is 10.9 Å². The molecule has 0 saturated carbocycles. The van der Waals surface area contributed by atoms with Crippen LogP contribution in [0.4, 0.5) is 0 Å². The van der Waals surface area contributed by atoms with Crippen molar-refractivity contribution < 1.29 is 13.5 Å². The van der Waals surface area contributed by atoms with Crippen LogP contribution in [0.2, 0.25) is 10.0 Å². The number of aliphatic hydroxyl groups is 1. The van der Waals surface area contributed by atoms with E-state index in [1.54, 1.807) is 24.3 Å². The van der Waals surface area contributed by atoms with Crippen LogP contribution in [-0.4, -0.2) is 44.0 Å². The molecule has 38 heavy (non-hydrogen) atoms. The van der Waals surface area contributed by atoms with Gasteiger partial charge < -0.3 is 26.9 Å². The summed E-state index contributed by atoms with van der Waals surface area (Å²) in [6.45, 7) is 3.79. The van der Waals surface area contributed by atoms with E-state index in [4.69, 9.17) is 34.3 Å². The molecule has 0 aliphatic carbocycles. The number of nitrogens with one attached hydrogen (secondary N) is 3. The van der Waals surface area contributed by atoms with Crippen LogP contribution in [0, 0.1) is 11.3 Å². The van der Waals surface area contributed by atoms with Gasteiger partial charge in [0.2, 0.25) is 5.96 Å². The van der Waals surface area contributed by atoms with Gasteiger partial charge in [-0.15, -0.1) is 4.40 Å². The molecule has 11 heteroatoms. The summed E-state index contributed by atoms with van der Waals surface area (Å²) in [6.07, 6.45) is -1.28. The number of nitrogens with zero attached hydrogens (tertiary/aromatic N) is 1. The molecule has 0 aliphatic heterocycles. The third-order valence-electron chi connectivity index (χ3n) is 5.89. The summed E-state index contributed by atoms with van der Waals surface area (Å²) >= 11 is 11.9. The van der Waals surface area contributed by atoms with Crippen LogP contribution < -0.4 is 16.4 Å². The van der Waals surface area contributed by atoms with E-state index >= 15 is 0 Å². The number of rotatable bonds is 10. The highest BCUT2D eigenvalue weighted by Gasteiger charge is 2.25. The van der Waals surface area contributed by atoms with Gasteiger partial charge in [0, 0.05) is 28.2 Å². The molecule has 0 saturated heterocycles. The first-order valence-corrected chi connectivity index (χ1v) is 14.1. The predicted octanol–water partition coefficient (Wildman–Crippen LogP) is 4.37. The van der Waals surface area contributed by atoms with Crippen molar-refractivity contribution in [3.63, 3.8) is 0 Å². The maximum Gasteiger partial charge on any atom is 0.285 e. The van der Waals surface area contributed by atoms with Crippen LogP contribution in [-0.2, 0) is 10.0 Å². The smallest absolute Gasteiger partial charge is 0.285 e. The Morgan fingerprint density at radius 2 is 1.53 bits per heavy atom. The highest BCUT2D eigenvalue weighted by Crippen LogP contribution is 2.22. The fourth-order valence-corrected chi connectivity index (χ4v) is 4.99. The van der Waals surface area contributed by atoms with E-state index in [-0.39, 0.29) is 23.3 Å². The highest BCUT2D eigenvalue weighted by atomic mass is 35.5. The molecule has 0 amide bonds. The van der Waals surface area contributed by atoms with Crippen molar-refractivity contribution in [1.29, 1.82) is 5.41 Å². The van der Waals surface area contributed by atoms with Gasteiger partial charge in [-0.1, -0.05) is 79.5 Å². The van der Waals surface area contributed by atoms with Gasteiger partial charge in [0.15, 0.2) is 0 Å². The third-order valence-corrected chi connectivity index (χ3v) is 7.69. The molecule has 0 bridgehead atoms. The molecule has 3 atom stereocenters. The maximum atomic E-state index is 13.1. The quantitative estimate of drug-likeness (QED) is 0.138. The lowest BCUT2D eigenvalue weighted by molar-refractivity contribution is 0.120. The summed E-state index contributed by atoms with van der Waals surface area (Å²) in [7, 11) is -4.15. The Labute approximate surface area is 233 Å². The second-order valence-electron chi connectivity index (χ2n) is 9.04. The molecule has 0 spiro atoms. The Morgan fingerprint density at radius 3 is 2.05 bits per heavy atom. The summed E-state index contributed by atoms with van der Waals surface area (Å²) in [4.78, 5) is -0.0501. The van der Waals surface area contributed by atoms with Gasteiger partial charge in [0.1, 0.15) is 6.23 Å². The molecule has 1 unspecified atom stereocenters. The Balaban J connectivity index is 1.98. The van der Waals surface area contributed by atoms with Crippen molar-refractivity contribution in [2.24, 2.45) is 16.0 Å². The maximum absolute atomic E-state index is 13.1. The lowest BCUT2D eigenvalue weighted by Gasteiger charge is -2.28. The number of hydrogen-bond donors (Lipinski definition) is 5. The van der Waals surface area contributed by atoms with Gasteiger partial charge >= 0.3 is 0 Å². The summed E-state index contributed by atoms with van der Waals surface area (Å²) < 4.78 is 30.2. The molecule has 0 fully saturated rings. The largest absolute Gasteiger partial charge is 0.377 e. The first-order valence-electron chi connectivity index (χ1n) is 11.9. The topological polar surface area (TPSA) is 141 Å². The van der Waals surface area contributed by atoms with E-state index in [0.717, 1.165) is 5.56 Å². The highest BCUT2D eigenvalue weighted by molar-refractivity contribution is 7.90. The second-order valence-corrected chi connectivity index (χ2v) is 11.5. The molecule has 6 N–H and O–H groups in total. The Hall–Kier alpha value is -2.95. The van der Waals surface area contributed by atoms with Crippen LogP contribution in [0.1, 0.15) is 30.9 Å². The van der Waals surface area contributed by atoms with Crippen molar-refractivity contribution >= 4 is 44.9 Å². The van der Waals surface area contributed by atoms with E-state index in [2.05, 4.69) is 15.0 Å². The van der Waals surface area contributed by atoms with Crippen LogP contribution in [0.25, 0.3) is 0 Å². The molecular weight excluding hydrogens is 545 g/mol. The zero-order chi connectivity index (χ0) is 27.9. The van der Waals surface area contributed by atoms with E-state index in [1.807, 2.05) is 44.2 Å². The van der Waals surface area contributed by atoms with E-state index in [9.17, 15) is 13.5 Å². The SMILES string of the molecule is CC(C)[C@H](N/C(=N\S(=O)(=O)c1ccc(Cl)cc1)NC[C@H](C(=N)c1ccc(Cl)cc1)c1ccccc1)C(N)O. The molecule has 8 nitrogen and oxygen atoms in total. The molecule has 0 heterocycles. The van der Waals surface area contributed by atoms with Crippen molar-refractivity contribution in [2.75, 3.05) is 6.54 Å². The minimum absolute atomic E-state index is 0.0501. The lowest BCUT2D eigenvalue weighted by atomic mass is 9.90. The number of aliphatic hydroxyl groups excluding tert-OH is 1. The van der Waals surface area contributed by atoms with Crippen molar-refractivity contribution in [1.82, 2.24) is 10.6 Å². The number of sulfonamides is 1. The zero-order valence-electron chi connectivity index (χ0n) is 21.0. The Morgan fingerprint density at radius 1 is 0.974 bits per heavy atom. The molecular formula is C27H31Cl2N5O3S. The van der Waals surface area contributed by atoms with Gasteiger partial charge in [-0.2, -0.15) is 8.42 Å². The van der Waals surface area contributed by atoms with E-state index < -0.39 is 28.2 Å². The van der Waals surface area contributed by atoms with Crippen molar-refractivity contribution in [3.8, 4) is 0 Å². The van der Waals surface area contributed by atoms with Crippen molar-refractivity contribution in [3.05, 3.63) is 100 Å². The standard InChI is InChI=1S/C27H31Cl2N5O3S/c1-17(2)25(26(31)35)33-27(34-38(36,37)22-14-12-21(29)13-15-22)32-16-23(18-6-4-3-5-7-18)24(30)19-8-10-20(28)11-9-19/h3-15,17,23,25-26,30,35H,16,31H2,1-2H3,(H2,32,33,34)/t23-,25-,26?/m0/s1. The summed E-state index contributed by atoms with van der Waals surface area (Å²) in [5, 5.41) is 26.0.